The van der Waals surface area contributed by atoms with E-state index in [0.29, 0.717) is 18.0 Å². The van der Waals surface area contributed by atoms with Crippen LogP contribution in [0.1, 0.15) is 31.4 Å². The number of hydrogen-bond donors (Lipinski definition) is 1. The third-order valence-corrected chi connectivity index (χ3v) is 5.21. The molecule has 118 valence electrons. The zero-order chi connectivity index (χ0) is 15.9. The molecule has 0 bridgehead atoms. The molecule has 0 amide bonds. The average molecular weight is 310 g/mol. The predicted octanol–water partition coefficient (Wildman–Crippen LogP) is 2.56. The van der Waals surface area contributed by atoms with E-state index < -0.39 is 10.0 Å². The first kappa shape index (κ1) is 17.9. The average Bonchev–Trinajstić information content (AvgIpc) is 2.47. The van der Waals surface area contributed by atoms with E-state index in [1.807, 2.05) is 6.07 Å². The van der Waals surface area contributed by atoms with Crippen LogP contribution in [0.15, 0.2) is 35.7 Å². The molecule has 0 aliphatic heterocycles. The molecule has 0 aliphatic rings. The molecule has 0 atom stereocenters. The minimum Gasteiger partial charge on any atom is -0.313 e. The Kier molecular flexibility index (Phi) is 7.08. The quantitative estimate of drug-likeness (QED) is 0.563. The summed E-state index contributed by atoms with van der Waals surface area (Å²) >= 11 is 0. The monoisotopic (exact) mass is 310 g/mol. The molecule has 0 aromatic heterocycles. The predicted molar refractivity (Wildman–Crippen MR) is 87.8 cm³/mol. The summed E-state index contributed by atoms with van der Waals surface area (Å²) < 4.78 is 26.2. The molecular formula is C16H26N2O2S. The van der Waals surface area contributed by atoms with Crippen LogP contribution >= 0.6 is 0 Å². The zero-order valence-electron chi connectivity index (χ0n) is 13.2. The lowest BCUT2D eigenvalue weighted by Gasteiger charge is -2.17. The van der Waals surface area contributed by atoms with E-state index in [1.165, 1.54) is 9.87 Å². The summed E-state index contributed by atoms with van der Waals surface area (Å²) in [6.45, 7) is 9.71. The Morgan fingerprint density at radius 2 is 2.00 bits per heavy atom. The molecule has 0 spiro atoms. The number of aryl methyl sites for hydroxylation is 1. The Morgan fingerprint density at radius 3 is 2.57 bits per heavy atom. The van der Waals surface area contributed by atoms with Crippen molar-refractivity contribution in [3.63, 3.8) is 0 Å². The van der Waals surface area contributed by atoms with Crippen molar-refractivity contribution in [2.75, 3.05) is 20.1 Å². The van der Waals surface area contributed by atoms with E-state index in [0.717, 1.165) is 24.9 Å². The van der Waals surface area contributed by atoms with Gasteiger partial charge in [0.25, 0.3) is 0 Å². The van der Waals surface area contributed by atoms with Gasteiger partial charge >= 0.3 is 0 Å². The molecule has 0 aliphatic carbocycles. The summed E-state index contributed by atoms with van der Waals surface area (Å²) in [4.78, 5) is 0.345. The number of benzene rings is 1. The van der Waals surface area contributed by atoms with Gasteiger partial charge in [0.15, 0.2) is 0 Å². The largest absolute Gasteiger partial charge is 0.313 e. The van der Waals surface area contributed by atoms with E-state index in [2.05, 4.69) is 25.7 Å². The topological polar surface area (TPSA) is 49.4 Å². The fourth-order valence-corrected chi connectivity index (χ4v) is 3.32. The van der Waals surface area contributed by atoms with E-state index in [-0.39, 0.29) is 0 Å². The van der Waals surface area contributed by atoms with Crippen LogP contribution in [-0.4, -0.2) is 32.9 Å². The standard InChI is InChI=1S/C16H26N2O2S/c1-5-10-17-13-15-12-16(9-8-14(15)7-3)21(19,20)18(4)11-6-2/h6,8-9,12,17H,2,5,7,10-11,13H2,1,3-4H3. The van der Waals surface area contributed by atoms with Gasteiger partial charge in [-0.05, 0) is 42.6 Å². The number of rotatable bonds is 9. The highest BCUT2D eigenvalue weighted by atomic mass is 32.2. The van der Waals surface area contributed by atoms with Crippen molar-refractivity contribution in [2.45, 2.75) is 38.1 Å². The molecule has 21 heavy (non-hydrogen) atoms. The normalized spacial score (nSPS) is 11.8. The summed E-state index contributed by atoms with van der Waals surface area (Å²) in [5.41, 5.74) is 2.24. The van der Waals surface area contributed by atoms with Crippen molar-refractivity contribution in [2.24, 2.45) is 0 Å². The lowest BCUT2D eigenvalue weighted by Crippen LogP contribution is -2.27. The molecule has 0 radical (unpaired) electrons. The van der Waals surface area contributed by atoms with E-state index in [1.54, 1.807) is 25.3 Å². The van der Waals surface area contributed by atoms with Gasteiger partial charge in [-0.2, -0.15) is 4.31 Å². The van der Waals surface area contributed by atoms with Gasteiger partial charge in [0.05, 0.1) is 4.90 Å². The summed E-state index contributed by atoms with van der Waals surface area (Å²) in [6.07, 6.45) is 3.54. The van der Waals surface area contributed by atoms with Crippen LogP contribution in [0.4, 0.5) is 0 Å². The second-order valence-corrected chi connectivity index (χ2v) is 7.08. The number of likely N-dealkylation sites (N-methyl/N-ethyl adjacent to an activating group) is 1. The van der Waals surface area contributed by atoms with Crippen LogP contribution in [0.25, 0.3) is 0 Å². The highest BCUT2D eigenvalue weighted by molar-refractivity contribution is 7.89. The highest BCUT2D eigenvalue weighted by Crippen LogP contribution is 2.19. The third kappa shape index (κ3) is 4.66. The fraction of sp³-hybridized carbons (Fsp3) is 0.500. The van der Waals surface area contributed by atoms with E-state index >= 15 is 0 Å². The molecule has 0 saturated heterocycles. The minimum absolute atomic E-state index is 0.307. The lowest BCUT2D eigenvalue weighted by atomic mass is 10.1. The molecule has 1 aromatic carbocycles. The summed E-state index contributed by atoms with van der Waals surface area (Å²) in [7, 11) is -1.88. The van der Waals surface area contributed by atoms with Gasteiger partial charge in [0, 0.05) is 20.1 Å². The van der Waals surface area contributed by atoms with Crippen molar-refractivity contribution < 1.29 is 8.42 Å². The maximum Gasteiger partial charge on any atom is 0.243 e. The molecule has 4 nitrogen and oxygen atoms in total. The van der Waals surface area contributed by atoms with Gasteiger partial charge in [0.2, 0.25) is 10.0 Å². The second kappa shape index (κ2) is 8.32. The van der Waals surface area contributed by atoms with Crippen LogP contribution in [0, 0.1) is 0 Å². The highest BCUT2D eigenvalue weighted by Gasteiger charge is 2.20. The minimum atomic E-state index is -3.44. The second-order valence-electron chi connectivity index (χ2n) is 5.04. The van der Waals surface area contributed by atoms with Gasteiger partial charge in [-0.25, -0.2) is 8.42 Å². The molecule has 5 heteroatoms. The van der Waals surface area contributed by atoms with Gasteiger partial charge in [-0.15, -0.1) is 6.58 Å². The molecule has 0 fully saturated rings. The van der Waals surface area contributed by atoms with Gasteiger partial charge in [0.1, 0.15) is 0 Å². The van der Waals surface area contributed by atoms with Crippen LogP contribution in [0.3, 0.4) is 0 Å². The molecular weight excluding hydrogens is 284 g/mol. The van der Waals surface area contributed by atoms with Crippen LogP contribution in [0.2, 0.25) is 0 Å². The fourth-order valence-electron chi connectivity index (χ4n) is 2.13. The maximum atomic E-state index is 12.5. The summed E-state index contributed by atoms with van der Waals surface area (Å²) in [5, 5.41) is 3.33. The molecule has 0 heterocycles. The van der Waals surface area contributed by atoms with Crippen molar-refractivity contribution in [3.8, 4) is 0 Å². The first-order chi connectivity index (χ1) is 9.97. The van der Waals surface area contributed by atoms with Crippen molar-refractivity contribution in [1.82, 2.24) is 9.62 Å². The SMILES string of the molecule is C=CCN(C)S(=O)(=O)c1ccc(CC)c(CNCCC)c1. The number of nitrogens with zero attached hydrogens (tertiary/aromatic N) is 1. The van der Waals surface area contributed by atoms with E-state index in [4.69, 9.17) is 0 Å². The first-order valence-electron chi connectivity index (χ1n) is 7.37. The lowest BCUT2D eigenvalue weighted by molar-refractivity contribution is 0.499. The Morgan fingerprint density at radius 1 is 1.29 bits per heavy atom. The molecule has 1 aromatic rings. The summed E-state index contributed by atoms with van der Waals surface area (Å²) in [5.74, 6) is 0. The molecule has 0 saturated carbocycles. The van der Waals surface area contributed by atoms with Gasteiger partial charge < -0.3 is 5.32 Å². The first-order valence-corrected chi connectivity index (χ1v) is 8.81. The van der Waals surface area contributed by atoms with Gasteiger partial charge in [-0.3, -0.25) is 0 Å². The van der Waals surface area contributed by atoms with Crippen molar-refractivity contribution in [1.29, 1.82) is 0 Å². The Hall–Kier alpha value is -1.17. The van der Waals surface area contributed by atoms with E-state index in [9.17, 15) is 8.42 Å². The number of nitrogens with one attached hydrogen (secondary N) is 1. The molecule has 0 unspecified atom stereocenters. The summed E-state index contributed by atoms with van der Waals surface area (Å²) in [6, 6.07) is 5.39. The van der Waals surface area contributed by atoms with Crippen LogP contribution in [0.5, 0.6) is 0 Å². The van der Waals surface area contributed by atoms with Crippen LogP contribution < -0.4 is 5.32 Å². The number of sulfonamides is 1. The maximum absolute atomic E-state index is 12.5. The van der Waals surface area contributed by atoms with Crippen molar-refractivity contribution in [3.05, 3.63) is 42.0 Å². The molecule has 1 N–H and O–H groups in total. The van der Waals surface area contributed by atoms with Crippen molar-refractivity contribution >= 4 is 10.0 Å². The van der Waals surface area contributed by atoms with Gasteiger partial charge in [-0.1, -0.05) is 26.0 Å². The Balaban J connectivity index is 3.09. The molecule has 1 rings (SSSR count). The Labute approximate surface area is 128 Å². The van der Waals surface area contributed by atoms with Crippen LogP contribution in [-0.2, 0) is 23.0 Å². The zero-order valence-corrected chi connectivity index (χ0v) is 14.0. The third-order valence-electron chi connectivity index (χ3n) is 3.40. The number of hydrogen-bond acceptors (Lipinski definition) is 3. The Bertz CT molecular complexity index is 568. The smallest absolute Gasteiger partial charge is 0.243 e.